The number of fused-ring (bicyclic) bond motifs is 1. The number of nitrogens with one attached hydrogen (secondary N) is 1. The van der Waals surface area contributed by atoms with E-state index in [9.17, 15) is 0 Å². The summed E-state index contributed by atoms with van der Waals surface area (Å²) >= 11 is 0. The lowest BCUT2D eigenvalue weighted by Gasteiger charge is -2.33. The lowest BCUT2D eigenvalue weighted by atomic mass is 9.89. The van der Waals surface area contributed by atoms with Crippen LogP contribution in [0, 0.1) is 11.8 Å². The van der Waals surface area contributed by atoms with Gasteiger partial charge in [0.1, 0.15) is 0 Å². The van der Waals surface area contributed by atoms with Gasteiger partial charge in [-0.2, -0.15) is 0 Å². The van der Waals surface area contributed by atoms with E-state index in [1.165, 1.54) is 39.1 Å². The van der Waals surface area contributed by atoms with Crippen molar-refractivity contribution in [1.82, 2.24) is 10.2 Å². The fourth-order valence-corrected chi connectivity index (χ4v) is 2.40. The highest BCUT2D eigenvalue weighted by Gasteiger charge is 2.31. The number of hydrogen-bond donors (Lipinski definition) is 1. The molecule has 0 radical (unpaired) electrons. The van der Waals surface area contributed by atoms with Crippen LogP contribution in [-0.4, -0.2) is 37.6 Å². The van der Waals surface area contributed by atoms with Gasteiger partial charge in [-0.15, -0.1) is 0 Å². The summed E-state index contributed by atoms with van der Waals surface area (Å²) in [5.74, 6) is 1.96. The van der Waals surface area contributed by atoms with E-state index in [1.807, 2.05) is 0 Å². The third-order valence-corrected chi connectivity index (χ3v) is 3.24. The van der Waals surface area contributed by atoms with Crippen LogP contribution in [-0.2, 0) is 0 Å². The minimum Gasteiger partial charge on any atom is -0.316 e. The molecule has 2 heterocycles. The van der Waals surface area contributed by atoms with Gasteiger partial charge >= 0.3 is 0 Å². The predicted octanol–water partition coefficient (Wildman–Crippen LogP) is 0.548. The molecule has 0 spiro atoms. The van der Waals surface area contributed by atoms with Gasteiger partial charge in [0.25, 0.3) is 0 Å². The topological polar surface area (TPSA) is 15.3 Å². The first-order valence-corrected chi connectivity index (χ1v) is 4.83. The van der Waals surface area contributed by atoms with E-state index < -0.39 is 0 Å². The first-order chi connectivity index (χ1) is 5.40. The summed E-state index contributed by atoms with van der Waals surface area (Å²) in [6.45, 7) is 8.73. The second kappa shape index (κ2) is 3.11. The van der Waals surface area contributed by atoms with Crippen LogP contribution in [0.5, 0.6) is 0 Å². The van der Waals surface area contributed by atoms with Gasteiger partial charge in [-0.25, -0.2) is 0 Å². The summed E-state index contributed by atoms with van der Waals surface area (Å²) < 4.78 is 0. The van der Waals surface area contributed by atoms with Crippen molar-refractivity contribution >= 4 is 0 Å². The molecule has 2 rings (SSSR count). The predicted molar refractivity (Wildman–Crippen MR) is 46.6 cm³/mol. The number of piperidine rings is 1. The standard InChI is InChI=1S/C9H18N2/c1-2-11-4-3-8-5-10-6-9(8)7-11/h8-10H,2-7H2,1H3/t8-,9-/m0/s1. The zero-order valence-electron chi connectivity index (χ0n) is 7.34. The van der Waals surface area contributed by atoms with Gasteiger partial charge in [0.2, 0.25) is 0 Å². The van der Waals surface area contributed by atoms with E-state index in [1.54, 1.807) is 0 Å². The molecule has 2 atom stereocenters. The molecule has 0 amide bonds. The van der Waals surface area contributed by atoms with Crippen LogP contribution in [0.15, 0.2) is 0 Å². The summed E-state index contributed by atoms with van der Waals surface area (Å²) in [5.41, 5.74) is 0. The molecule has 2 nitrogen and oxygen atoms in total. The fourth-order valence-electron chi connectivity index (χ4n) is 2.40. The fraction of sp³-hybridized carbons (Fsp3) is 1.00. The summed E-state index contributed by atoms with van der Waals surface area (Å²) in [7, 11) is 0. The molecule has 1 N–H and O–H groups in total. The van der Waals surface area contributed by atoms with E-state index in [-0.39, 0.29) is 0 Å². The average Bonchev–Trinajstić information content (AvgIpc) is 2.50. The molecular weight excluding hydrogens is 136 g/mol. The summed E-state index contributed by atoms with van der Waals surface area (Å²) in [4.78, 5) is 2.58. The van der Waals surface area contributed by atoms with E-state index >= 15 is 0 Å². The average molecular weight is 154 g/mol. The van der Waals surface area contributed by atoms with Crippen molar-refractivity contribution in [3.63, 3.8) is 0 Å². The van der Waals surface area contributed by atoms with Gasteiger partial charge in [-0.3, -0.25) is 0 Å². The molecule has 11 heavy (non-hydrogen) atoms. The number of likely N-dealkylation sites (tertiary alicyclic amines) is 1. The molecule has 0 saturated carbocycles. The Balaban J connectivity index is 1.91. The van der Waals surface area contributed by atoms with Gasteiger partial charge in [-0.1, -0.05) is 6.92 Å². The van der Waals surface area contributed by atoms with Crippen LogP contribution in [0.1, 0.15) is 13.3 Å². The van der Waals surface area contributed by atoms with E-state index in [0.29, 0.717) is 0 Å². The maximum absolute atomic E-state index is 3.48. The first-order valence-electron chi connectivity index (χ1n) is 4.83. The molecule has 0 aromatic heterocycles. The third kappa shape index (κ3) is 1.42. The summed E-state index contributed by atoms with van der Waals surface area (Å²) in [6, 6.07) is 0. The zero-order valence-corrected chi connectivity index (χ0v) is 7.34. The van der Waals surface area contributed by atoms with Crippen molar-refractivity contribution in [1.29, 1.82) is 0 Å². The molecule has 2 heteroatoms. The quantitative estimate of drug-likeness (QED) is 0.593. The Bertz CT molecular complexity index is 136. The van der Waals surface area contributed by atoms with Crippen molar-refractivity contribution < 1.29 is 0 Å². The lowest BCUT2D eigenvalue weighted by Crippen LogP contribution is -2.39. The Morgan fingerprint density at radius 2 is 2.18 bits per heavy atom. The molecule has 64 valence electrons. The van der Waals surface area contributed by atoms with Crippen LogP contribution >= 0.6 is 0 Å². The monoisotopic (exact) mass is 154 g/mol. The molecule has 2 aliphatic rings. The smallest absolute Gasteiger partial charge is 0.00248 e. The van der Waals surface area contributed by atoms with Crippen LogP contribution in [0.2, 0.25) is 0 Å². The highest BCUT2D eigenvalue weighted by atomic mass is 15.1. The second-order valence-corrected chi connectivity index (χ2v) is 3.86. The SMILES string of the molecule is CCN1CC[C@H]2CNC[C@H]2C1. The normalized spacial score (nSPS) is 39.0. The van der Waals surface area contributed by atoms with Crippen molar-refractivity contribution in [2.45, 2.75) is 13.3 Å². The van der Waals surface area contributed by atoms with E-state index in [0.717, 1.165) is 11.8 Å². The number of rotatable bonds is 1. The van der Waals surface area contributed by atoms with Crippen molar-refractivity contribution in [2.75, 3.05) is 32.7 Å². The summed E-state index contributed by atoms with van der Waals surface area (Å²) in [6.07, 6.45) is 1.42. The van der Waals surface area contributed by atoms with E-state index in [2.05, 4.69) is 17.1 Å². The second-order valence-electron chi connectivity index (χ2n) is 3.86. The van der Waals surface area contributed by atoms with Crippen LogP contribution in [0.3, 0.4) is 0 Å². The van der Waals surface area contributed by atoms with Gasteiger partial charge in [0, 0.05) is 6.54 Å². The van der Waals surface area contributed by atoms with Crippen LogP contribution in [0.4, 0.5) is 0 Å². The van der Waals surface area contributed by atoms with Crippen molar-refractivity contribution in [2.24, 2.45) is 11.8 Å². The Morgan fingerprint density at radius 1 is 1.36 bits per heavy atom. The molecule has 0 aromatic carbocycles. The molecule has 0 aromatic rings. The van der Waals surface area contributed by atoms with Crippen LogP contribution in [0.25, 0.3) is 0 Å². The lowest BCUT2D eigenvalue weighted by molar-refractivity contribution is 0.155. The van der Waals surface area contributed by atoms with Crippen molar-refractivity contribution in [3.05, 3.63) is 0 Å². The minimum atomic E-state index is 0.962. The van der Waals surface area contributed by atoms with Gasteiger partial charge < -0.3 is 10.2 Å². The Morgan fingerprint density at radius 3 is 3.00 bits per heavy atom. The largest absolute Gasteiger partial charge is 0.316 e. The maximum Gasteiger partial charge on any atom is 0.00248 e. The molecule has 2 fully saturated rings. The molecule has 0 unspecified atom stereocenters. The van der Waals surface area contributed by atoms with Gasteiger partial charge in [0.05, 0.1) is 0 Å². The maximum atomic E-state index is 3.48. The zero-order chi connectivity index (χ0) is 7.68. The van der Waals surface area contributed by atoms with Gasteiger partial charge in [-0.05, 0) is 44.4 Å². The molecular formula is C9H18N2. The highest BCUT2D eigenvalue weighted by Crippen LogP contribution is 2.25. The first kappa shape index (κ1) is 7.56. The molecule has 0 bridgehead atoms. The molecule has 0 aliphatic carbocycles. The number of hydrogen-bond acceptors (Lipinski definition) is 2. The Kier molecular flexibility index (Phi) is 2.14. The Labute approximate surface area is 69.0 Å². The highest BCUT2D eigenvalue weighted by molar-refractivity contribution is 4.87. The third-order valence-electron chi connectivity index (χ3n) is 3.24. The van der Waals surface area contributed by atoms with Crippen molar-refractivity contribution in [3.8, 4) is 0 Å². The minimum absolute atomic E-state index is 0.962. The van der Waals surface area contributed by atoms with Crippen LogP contribution < -0.4 is 5.32 Å². The van der Waals surface area contributed by atoms with E-state index in [4.69, 9.17) is 0 Å². The summed E-state index contributed by atoms with van der Waals surface area (Å²) in [5, 5.41) is 3.48. The molecule has 2 saturated heterocycles. The Hall–Kier alpha value is -0.0800. The number of nitrogens with zero attached hydrogens (tertiary/aromatic N) is 1. The molecule has 2 aliphatic heterocycles. The van der Waals surface area contributed by atoms with Gasteiger partial charge in [0.15, 0.2) is 0 Å².